The zero-order chi connectivity index (χ0) is 43.3. The van der Waals surface area contributed by atoms with E-state index in [1.165, 1.54) is 44.5 Å². The molecule has 0 radical (unpaired) electrons. The Kier molecular flexibility index (Phi) is 13.6. The van der Waals surface area contributed by atoms with Gasteiger partial charge in [0.15, 0.2) is 0 Å². The van der Waals surface area contributed by atoms with Gasteiger partial charge < -0.3 is 31.8 Å². The van der Waals surface area contributed by atoms with Crippen LogP contribution in [0.2, 0.25) is 0 Å². The summed E-state index contributed by atoms with van der Waals surface area (Å²) in [6.45, 7) is 4.17. The van der Waals surface area contributed by atoms with Crippen LogP contribution in [0.25, 0.3) is 66.6 Å². The van der Waals surface area contributed by atoms with E-state index < -0.39 is 0 Å². The number of rotatable bonds is 8. The second-order valence-electron chi connectivity index (χ2n) is 18.5. The topological polar surface area (TPSA) is 107 Å². The molecule has 8 nitrogen and oxygen atoms in total. The first kappa shape index (κ1) is 45.9. The Balaban J connectivity index is 0.00000274. The van der Waals surface area contributed by atoms with E-state index in [2.05, 4.69) is 60.7 Å². The molecular weight excluding hydrogens is 883 g/mol. The monoisotopic (exact) mass is 938 g/mol. The van der Waals surface area contributed by atoms with Crippen molar-refractivity contribution in [2.24, 2.45) is 0 Å². The average molecular weight is 939 g/mol. The van der Waals surface area contributed by atoms with Crippen LogP contribution in [0, 0.1) is 0 Å². The van der Waals surface area contributed by atoms with Crippen LogP contribution < -0.4 is 22.4 Å². The number of ether oxygens (including phenoxy) is 2. The van der Waals surface area contributed by atoms with Gasteiger partial charge in [0.2, 0.25) is 0 Å². The van der Waals surface area contributed by atoms with Crippen LogP contribution in [-0.4, -0.2) is 21.9 Å². The average Bonchev–Trinajstić information content (AvgIpc) is 4.10. The number of carbonyl (C=O) groups excluding carboxylic acids is 2. The van der Waals surface area contributed by atoms with Gasteiger partial charge in [-0.1, -0.05) is 96.8 Å². The van der Waals surface area contributed by atoms with Gasteiger partial charge in [0, 0.05) is 18.4 Å². The molecule has 0 spiro atoms. The van der Waals surface area contributed by atoms with Crippen LogP contribution in [0.5, 0.6) is 0 Å². The van der Waals surface area contributed by atoms with Gasteiger partial charge in [-0.25, -0.2) is 9.97 Å². The summed E-state index contributed by atoms with van der Waals surface area (Å²) in [6.07, 6.45) is 17.7. The molecule has 2 aromatic carbocycles. The standard InChI is InChI=1S/C56H56N4O4.ClH.Mn/c1-3-49(61)63-31-33-21-25-35(26-22-33)51-53-41-17-9-5-13-37(41)45(57-53)29-47-39-15-7-11-19-43(39)55(59-47)52(36-27-23-34(24-28-36)32-64-50(62)4-2)56-44-20-12-8-16-40(44)48(60-56)30-46-38-14-6-10-18-42(38)54(51)58-46;;/h21-30H,3-20,31-32H2,1-2H3;1H;/q-2;;+3/p-1. The fourth-order valence-electron chi connectivity index (χ4n) is 11.2. The molecule has 0 N–H and O–H groups in total. The first-order valence-corrected chi connectivity index (χ1v) is 24.1. The third kappa shape index (κ3) is 8.41. The number of allylic oxidation sites excluding steroid dienone is 4. The summed E-state index contributed by atoms with van der Waals surface area (Å²) in [6, 6.07) is 21.8. The number of nitrogens with zero attached hydrogens (tertiary/aromatic N) is 4. The number of halogens is 1. The molecule has 66 heavy (non-hydrogen) atoms. The van der Waals surface area contributed by atoms with Gasteiger partial charge in [-0.15, -0.1) is 22.1 Å². The molecular formula is C56H56ClMnN4O4. The van der Waals surface area contributed by atoms with E-state index in [9.17, 15) is 9.59 Å². The van der Waals surface area contributed by atoms with Gasteiger partial charge in [-0.05, 0) is 153 Å². The molecule has 0 unspecified atom stereocenters. The minimum absolute atomic E-state index is 0. The van der Waals surface area contributed by atoms with Crippen molar-refractivity contribution in [3.63, 3.8) is 0 Å². The van der Waals surface area contributed by atoms with Gasteiger partial charge in [-0.3, -0.25) is 9.59 Å². The molecule has 6 aliphatic rings. The SMILES string of the molecule is CCC(=O)OCc1ccc(-c2c3nc(cc4[n-]c(c5c4CCCC5)c(-c4ccc(COC(=O)CC)cc4)c4[n-]c(cc5nc2C2=C5CCCC2)c2c4CCCC2)C2=C3CCCC2)cc1.[Cl-].[Mn+3]. The van der Waals surface area contributed by atoms with Gasteiger partial charge in [-0.2, -0.15) is 0 Å². The van der Waals surface area contributed by atoms with Crippen molar-refractivity contribution < 1.29 is 48.5 Å². The Morgan fingerprint density at radius 3 is 1.27 bits per heavy atom. The number of aryl methyl sites for hydroxylation is 4. The molecule has 2 aliphatic heterocycles. The van der Waals surface area contributed by atoms with Crippen LogP contribution in [0.1, 0.15) is 160 Å². The van der Waals surface area contributed by atoms with E-state index >= 15 is 0 Å². The quantitative estimate of drug-likeness (QED) is 0.112. The molecule has 0 atom stereocenters. The predicted molar refractivity (Wildman–Crippen MR) is 254 cm³/mol. The molecule has 0 saturated heterocycles. The smallest absolute Gasteiger partial charge is 1.00 e. The van der Waals surface area contributed by atoms with E-state index in [0.29, 0.717) is 12.8 Å². The van der Waals surface area contributed by atoms with Crippen molar-refractivity contribution in [1.29, 1.82) is 0 Å². The molecule has 3 aromatic heterocycles. The minimum Gasteiger partial charge on any atom is -1.00 e. The van der Waals surface area contributed by atoms with Gasteiger partial charge in [0.25, 0.3) is 0 Å². The van der Waals surface area contributed by atoms with Crippen molar-refractivity contribution >= 4 is 56.3 Å². The number of benzene rings is 2. The zero-order valence-electron chi connectivity index (χ0n) is 38.1. The summed E-state index contributed by atoms with van der Waals surface area (Å²) in [7, 11) is 0. The molecule has 10 heteroatoms. The van der Waals surface area contributed by atoms with E-state index in [1.807, 2.05) is 13.8 Å². The van der Waals surface area contributed by atoms with Crippen molar-refractivity contribution in [3.05, 3.63) is 117 Å². The minimum atomic E-state index is -0.194. The largest absolute Gasteiger partial charge is 3.00 e. The summed E-state index contributed by atoms with van der Waals surface area (Å²) in [5, 5.41) is 0. The maximum absolute atomic E-state index is 12.1. The molecule has 4 aliphatic carbocycles. The predicted octanol–water partition coefficient (Wildman–Crippen LogP) is 9.54. The van der Waals surface area contributed by atoms with Gasteiger partial charge in [0.1, 0.15) is 13.2 Å². The van der Waals surface area contributed by atoms with E-state index in [0.717, 1.165) is 181 Å². The number of hydrogen-bond donors (Lipinski definition) is 0. The first-order valence-electron chi connectivity index (χ1n) is 24.1. The Labute approximate surface area is 404 Å². The summed E-state index contributed by atoms with van der Waals surface area (Å²) in [4.78, 5) is 47.1. The van der Waals surface area contributed by atoms with Crippen LogP contribution in [-0.2, 0) is 75.0 Å². The fraction of sp³-hybridized carbons (Fsp3) is 0.393. The van der Waals surface area contributed by atoms with Crippen molar-refractivity contribution in [1.82, 2.24) is 19.9 Å². The number of hydrogen-bond acceptors (Lipinski definition) is 6. The normalized spacial score (nSPS) is 16.3. The third-order valence-electron chi connectivity index (χ3n) is 14.5. The van der Waals surface area contributed by atoms with Crippen LogP contribution in [0.15, 0.2) is 60.7 Å². The molecule has 8 bridgehead atoms. The summed E-state index contributed by atoms with van der Waals surface area (Å²) < 4.78 is 11.1. The number of esters is 2. The molecule has 0 saturated carbocycles. The summed E-state index contributed by atoms with van der Waals surface area (Å²) in [5.41, 5.74) is 25.5. The number of carbonyl (C=O) groups is 2. The van der Waals surface area contributed by atoms with Crippen LogP contribution in [0.3, 0.4) is 0 Å². The molecule has 5 heterocycles. The molecule has 338 valence electrons. The fourth-order valence-corrected chi connectivity index (χ4v) is 11.2. The second-order valence-corrected chi connectivity index (χ2v) is 18.5. The summed E-state index contributed by atoms with van der Waals surface area (Å²) >= 11 is 0. The molecule has 0 fully saturated rings. The Morgan fingerprint density at radius 2 is 0.864 bits per heavy atom. The zero-order valence-corrected chi connectivity index (χ0v) is 40.0. The van der Waals surface area contributed by atoms with Crippen LogP contribution in [0.4, 0.5) is 0 Å². The van der Waals surface area contributed by atoms with Crippen molar-refractivity contribution in [2.45, 2.75) is 143 Å². The molecule has 11 rings (SSSR count). The molecule has 5 aromatic rings. The summed E-state index contributed by atoms with van der Waals surface area (Å²) in [5.74, 6) is -0.388. The Morgan fingerprint density at radius 1 is 0.500 bits per heavy atom. The van der Waals surface area contributed by atoms with Crippen molar-refractivity contribution in [2.75, 3.05) is 0 Å². The van der Waals surface area contributed by atoms with Gasteiger partial charge >= 0.3 is 29.0 Å². The van der Waals surface area contributed by atoms with E-state index in [1.54, 1.807) is 0 Å². The number of fused-ring (bicyclic) bond motifs is 18. The molecule has 0 amide bonds. The first-order chi connectivity index (χ1) is 31.4. The van der Waals surface area contributed by atoms with Crippen molar-refractivity contribution in [3.8, 4) is 22.3 Å². The van der Waals surface area contributed by atoms with E-state index in [-0.39, 0.29) is 54.6 Å². The Bertz CT molecular complexity index is 2820. The maximum Gasteiger partial charge on any atom is 3.00 e. The third-order valence-corrected chi connectivity index (χ3v) is 14.5. The second kappa shape index (κ2) is 19.6. The Hall–Kier alpha value is -5.21. The van der Waals surface area contributed by atoms with E-state index in [4.69, 9.17) is 29.4 Å². The van der Waals surface area contributed by atoms with Crippen LogP contribution >= 0.6 is 0 Å². The maximum atomic E-state index is 12.1. The van der Waals surface area contributed by atoms with Gasteiger partial charge in [0.05, 0.1) is 22.8 Å². The number of aromatic nitrogens is 4.